The van der Waals surface area contributed by atoms with Crippen molar-refractivity contribution in [2.24, 2.45) is 0 Å². The number of benzene rings is 2. The maximum Gasteiger partial charge on any atom is 0.238 e. The summed E-state index contributed by atoms with van der Waals surface area (Å²) in [5.41, 5.74) is 3.68. The van der Waals surface area contributed by atoms with E-state index in [1.54, 1.807) is 6.26 Å². The van der Waals surface area contributed by atoms with Gasteiger partial charge in [-0.2, -0.15) is 0 Å². The summed E-state index contributed by atoms with van der Waals surface area (Å²) in [7, 11) is 0. The minimum Gasteiger partial charge on any atom is -0.467 e. The number of hydrogen-bond donors (Lipinski definition) is 2. The topological polar surface area (TPSA) is 54.3 Å². The predicted octanol–water partition coefficient (Wildman–Crippen LogP) is 4.87. The maximum atomic E-state index is 12.4. The van der Waals surface area contributed by atoms with Crippen molar-refractivity contribution in [1.29, 1.82) is 0 Å². The second kappa shape index (κ2) is 8.21. The van der Waals surface area contributed by atoms with Crippen LogP contribution < -0.4 is 10.6 Å². The smallest absolute Gasteiger partial charge is 0.238 e. The summed E-state index contributed by atoms with van der Waals surface area (Å²) >= 11 is 6.27. The van der Waals surface area contributed by atoms with Gasteiger partial charge in [0, 0.05) is 0 Å². The van der Waals surface area contributed by atoms with Crippen LogP contribution in [0.3, 0.4) is 0 Å². The van der Waals surface area contributed by atoms with Crippen LogP contribution in [0.5, 0.6) is 0 Å². The number of halogens is 1. The number of furan rings is 1. The number of anilines is 1. The molecular weight excluding hydrogens is 348 g/mol. The molecule has 0 spiro atoms. The molecule has 3 rings (SSSR count). The standard InChI is InChI=1S/C21H21ClN2O2/c1-14-11-15(2)20(17(22)12-14)24-19(25)13-23-21(18-9-6-10-26-18)16-7-4-3-5-8-16/h3-12,21,23H,13H2,1-2H3,(H,24,25)/t21-/m0/s1. The monoisotopic (exact) mass is 368 g/mol. The quantitative estimate of drug-likeness (QED) is 0.652. The molecule has 2 N–H and O–H groups in total. The molecule has 26 heavy (non-hydrogen) atoms. The van der Waals surface area contributed by atoms with Gasteiger partial charge in [-0.1, -0.05) is 48.0 Å². The third-order valence-corrected chi connectivity index (χ3v) is 4.42. The fraction of sp³-hybridized carbons (Fsp3) is 0.190. The molecule has 1 aromatic heterocycles. The molecule has 1 atom stereocenters. The Morgan fingerprint density at radius 2 is 1.88 bits per heavy atom. The van der Waals surface area contributed by atoms with Crippen LogP contribution in [0.25, 0.3) is 0 Å². The predicted molar refractivity (Wildman–Crippen MR) is 105 cm³/mol. The number of carbonyl (C=O) groups is 1. The summed E-state index contributed by atoms with van der Waals surface area (Å²) < 4.78 is 5.54. The van der Waals surface area contributed by atoms with Gasteiger partial charge in [-0.05, 0) is 48.7 Å². The molecule has 1 amide bonds. The van der Waals surface area contributed by atoms with E-state index in [-0.39, 0.29) is 18.5 Å². The van der Waals surface area contributed by atoms with Crippen LogP contribution in [-0.4, -0.2) is 12.5 Å². The van der Waals surface area contributed by atoms with Gasteiger partial charge < -0.3 is 9.73 Å². The molecule has 0 radical (unpaired) electrons. The van der Waals surface area contributed by atoms with E-state index in [2.05, 4.69) is 10.6 Å². The molecule has 2 aromatic carbocycles. The van der Waals surface area contributed by atoms with Crippen LogP contribution in [0, 0.1) is 13.8 Å². The number of nitrogens with one attached hydrogen (secondary N) is 2. The normalized spacial score (nSPS) is 12.0. The Balaban J connectivity index is 1.71. The highest BCUT2D eigenvalue weighted by atomic mass is 35.5. The highest BCUT2D eigenvalue weighted by Crippen LogP contribution is 2.27. The lowest BCUT2D eigenvalue weighted by Gasteiger charge is -2.18. The molecule has 0 aliphatic rings. The summed E-state index contributed by atoms with van der Waals surface area (Å²) in [6.07, 6.45) is 1.63. The highest BCUT2D eigenvalue weighted by Gasteiger charge is 2.18. The third kappa shape index (κ3) is 4.34. The zero-order valence-electron chi connectivity index (χ0n) is 14.8. The third-order valence-electron chi connectivity index (χ3n) is 4.12. The van der Waals surface area contributed by atoms with E-state index in [0.717, 1.165) is 22.5 Å². The summed E-state index contributed by atoms with van der Waals surface area (Å²) in [6.45, 7) is 4.03. The molecule has 0 saturated heterocycles. The second-order valence-corrected chi connectivity index (χ2v) is 6.63. The zero-order valence-corrected chi connectivity index (χ0v) is 15.5. The van der Waals surface area contributed by atoms with Crippen molar-refractivity contribution in [3.63, 3.8) is 0 Å². The molecule has 0 saturated carbocycles. The largest absolute Gasteiger partial charge is 0.467 e. The zero-order chi connectivity index (χ0) is 18.5. The molecule has 5 heteroatoms. The van der Waals surface area contributed by atoms with Crippen molar-refractivity contribution in [2.75, 3.05) is 11.9 Å². The summed E-state index contributed by atoms with van der Waals surface area (Å²) in [6, 6.07) is 17.2. The molecule has 0 aliphatic carbocycles. The number of rotatable bonds is 6. The molecule has 0 aliphatic heterocycles. The average Bonchev–Trinajstić information content (AvgIpc) is 3.13. The van der Waals surface area contributed by atoms with Crippen molar-refractivity contribution in [3.05, 3.63) is 88.3 Å². The van der Waals surface area contributed by atoms with Crippen molar-refractivity contribution in [1.82, 2.24) is 5.32 Å². The lowest BCUT2D eigenvalue weighted by atomic mass is 10.0. The molecule has 0 bridgehead atoms. The maximum absolute atomic E-state index is 12.4. The Morgan fingerprint density at radius 3 is 2.54 bits per heavy atom. The summed E-state index contributed by atoms with van der Waals surface area (Å²) in [5.74, 6) is 0.597. The SMILES string of the molecule is Cc1cc(C)c(NC(=O)CN[C@@H](c2ccccc2)c2ccco2)c(Cl)c1. The van der Waals surface area contributed by atoms with E-state index < -0.39 is 0 Å². The van der Waals surface area contributed by atoms with Gasteiger partial charge in [0.25, 0.3) is 0 Å². The first kappa shape index (κ1) is 18.2. The van der Waals surface area contributed by atoms with Crippen LogP contribution >= 0.6 is 11.6 Å². The van der Waals surface area contributed by atoms with Crippen LogP contribution in [0.1, 0.15) is 28.5 Å². The van der Waals surface area contributed by atoms with Crippen LogP contribution in [0.2, 0.25) is 5.02 Å². The fourth-order valence-electron chi connectivity index (χ4n) is 2.94. The first-order valence-corrected chi connectivity index (χ1v) is 8.80. The summed E-state index contributed by atoms with van der Waals surface area (Å²) in [5, 5.41) is 6.70. The van der Waals surface area contributed by atoms with Gasteiger partial charge in [0.05, 0.1) is 29.6 Å². The highest BCUT2D eigenvalue weighted by molar-refractivity contribution is 6.34. The molecule has 134 valence electrons. The molecule has 4 nitrogen and oxygen atoms in total. The van der Waals surface area contributed by atoms with Crippen LogP contribution in [0.4, 0.5) is 5.69 Å². The molecule has 3 aromatic rings. The van der Waals surface area contributed by atoms with E-state index >= 15 is 0 Å². The van der Waals surface area contributed by atoms with Crippen molar-refractivity contribution in [2.45, 2.75) is 19.9 Å². The average molecular weight is 369 g/mol. The number of aryl methyl sites for hydroxylation is 2. The lowest BCUT2D eigenvalue weighted by Crippen LogP contribution is -2.32. The fourth-order valence-corrected chi connectivity index (χ4v) is 3.30. The van der Waals surface area contributed by atoms with E-state index in [4.69, 9.17) is 16.0 Å². The molecule has 0 fully saturated rings. The lowest BCUT2D eigenvalue weighted by molar-refractivity contribution is -0.115. The minimum atomic E-state index is -0.202. The van der Waals surface area contributed by atoms with E-state index in [1.165, 1.54) is 0 Å². The van der Waals surface area contributed by atoms with Gasteiger partial charge in [0.2, 0.25) is 5.91 Å². The van der Waals surface area contributed by atoms with Crippen molar-refractivity contribution >= 4 is 23.2 Å². The first-order valence-electron chi connectivity index (χ1n) is 8.43. The van der Waals surface area contributed by atoms with Gasteiger partial charge in [0.1, 0.15) is 5.76 Å². The Bertz CT molecular complexity index is 853. The van der Waals surface area contributed by atoms with Crippen molar-refractivity contribution < 1.29 is 9.21 Å². The Kier molecular flexibility index (Phi) is 5.76. The molecule has 0 unspecified atom stereocenters. The van der Waals surface area contributed by atoms with E-state index in [0.29, 0.717) is 10.7 Å². The van der Waals surface area contributed by atoms with Gasteiger partial charge in [-0.3, -0.25) is 10.1 Å². The Morgan fingerprint density at radius 1 is 1.12 bits per heavy atom. The number of carbonyl (C=O) groups excluding carboxylic acids is 1. The van der Waals surface area contributed by atoms with Crippen molar-refractivity contribution in [3.8, 4) is 0 Å². The van der Waals surface area contributed by atoms with Gasteiger partial charge in [-0.15, -0.1) is 0 Å². The molecule has 1 heterocycles. The Hall–Kier alpha value is -2.56. The minimum absolute atomic E-state index is 0.129. The van der Waals surface area contributed by atoms with E-state index in [1.807, 2.05) is 68.4 Å². The number of amides is 1. The molecular formula is C21H21ClN2O2. The van der Waals surface area contributed by atoms with Gasteiger partial charge in [-0.25, -0.2) is 0 Å². The summed E-state index contributed by atoms with van der Waals surface area (Å²) in [4.78, 5) is 12.4. The van der Waals surface area contributed by atoms with Gasteiger partial charge in [0.15, 0.2) is 0 Å². The van der Waals surface area contributed by atoms with Crippen LogP contribution in [0.15, 0.2) is 65.3 Å². The van der Waals surface area contributed by atoms with Gasteiger partial charge >= 0.3 is 0 Å². The van der Waals surface area contributed by atoms with Crippen LogP contribution in [-0.2, 0) is 4.79 Å². The first-order chi connectivity index (χ1) is 12.5. The Labute approximate surface area is 158 Å². The van der Waals surface area contributed by atoms with E-state index in [9.17, 15) is 4.79 Å². The number of hydrogen-bond acceptors (Lipinski definition) is 3. The second-order valence-electron chi connectivity index (χ2n) is 6.23.